The number of hydrogen-bond donors (Lipinski definition) is 1. The molecule has 164 valence electrons. The van der Waals surface area contributed by atoms with E-state index in [0.29, 0.717) is 0 Å². The van der Waals surface area contributed by atoms with Gasteiger partial charge in [-0.25, -0.2) is 14.5 Å². The van der Waals surface area contributed by atoms with Gasteiger partial charge in [-0.05, 0) is 27.8 Å². The molecule has 1 heterocycles. The third-order valence-electron chi connectivity index (χ3n) is 6.00. The molecule has 0 radical (unpaired) electrons. The van der Waals surface area contributed by atoms with Gasteiger partial charge in [0.2, 0.25) is 0 Å². The average molecular weight is 431 g/mol. The first kappa shape index (κ1) is 21.6. The van der Waals surface area contributed by atoms with Gasteiger partial charge in [-0.2, -0.15) is 0 Å². The highest BCUT2D eigenvalue weighted by Gasteiger charge is 2.50. The molecular weight excluding hydrogens is 404 g/mol. The van der Waals surface area contributed by atoms with Gasteiger partial charge in [0.05, 0.1) is 0 Å². The van der Waals surface area contributed by atoms with Crippen molar-refractivity contribution in [1.82, 2.24) is 9.80 Å². The summed E-state index contributed by atoms with van der Waals surface area (Å²) in [5.74, 6) is -1.80. The molecule has 1 aliphatic rings. The van der Waals surface area contributed by atoms with Crippen LogP contribution in [0.25, 0.3) is 10.8 Å². The van der Waals surface area contributed by atoms with Crippen LogP contribution in [0.2, 0.25) is 0 Å². The first-order valence-electron chi connectivity index (χ1n) is 10.8. The Hall–Kier alpha value is -3.67. The second-order valence-corrected chi connectivity index (χ2v) is 8.49. The number of carboxylic acid groups (broad SMARTS) is 1. The van der Waals surface area contributed by atoms with E-state index in [2.05, 4.69) is 0 Å². The van der Waals surface area contributed by atoms with E-state index in [4.69, 9.17) is 0 Å². The molecule has 1 saturated heterocycles. The molecule has 0 aliphatic carbocycles. The Morgan fingerprint density at radius 1 is 0.938 bits per heavy atom. The van der Waals surface area contributed by atoms with Crippen LogP contribution in [0.1, 0.15) is 25.0 Å². The lowest BCUT2D eigenvalue weighted by Crippen LogP contribution is -2.47. The van der Waals surface area contributed by atoms with Crippen LogP contribution >= 0.6 is 0 Å². The van der Waals surface area contributed by atoms with E-state index in [0.717, 1.165) is 26.8 Å². The van der Waals surface area contributed by atoms with Crippen molar-refractivity contribution in [2.45, 2.75) is 38.9 Å². The lowest BCUT2D eigenvalue weighted by molar-refractivity contribution is -0.147. The summed E-state index contributed by atoms with van der Waals surface area (Å²) in [7, 11) is 0. The second kappa shape index (κ2) is 8.83. The molecule has 6 heteroatoms. The predicted octanol–water partition coefficient (Wildman–Crippen LogP) is 4.32. The van der Waals surface area contributed by atoms with Gasteiger partial charge < -0.3 is 10.0 Å². The van der Waals surface area contributed by atoms with Crippen LogP contribution in [-0.2, 0) is 22.6 Å². The first-order chi connectivity index (χ1) is 15.4. The van der Waals surface area contributed by atoms with Gasteiger partial charge >= 0.3 is 12.0 Å². The summed E-state index contributed by atoms with van der Waals surface area (Å²) in [4.78, 5) is 41.4. The molecule has 1 aliphatic heterocycles. The van der Waals surface area contributed by atoms with Crippen molar-refractivity contribution in [2.75, 3.05) is 0 Å². The Kier molecular flexibility index (Phi) is 5.95. The van der Waals surface area contributed by atoms with Crippen molar-refractivity contribution < 1.29 is 19.5 Å². The minimum atomic E-state index is -1.25. The Morgan fingerprint density at radius 3 is 2.28 bits per heavy atom. The van der Waals surface area contributed by atoms with Crippen LogP contribution in [0.5, 0.6) is 0 Å². The van der Waals surface area contributed by atoms with E-state index >= 15 is 0 Å². The molecule has 3 aromatic rings. The molecule has 2 atom stereocenters. The fourth-order valence-corrected chi connectivity index (χ4v) is 4.47. The summed E-state index contributed by atoms with van der Waals surface area (Å²) in [5.41, 5.74) is 1.68. The van der Waals surface area contributed by atoms with E-state index in [9.17, 15) is 19.5 Å². The maximum absolute atomic E-state index is 13.5. The lowest BCUT2D eigenvalue weighted by atomic mass is 10.00. The normalized spacial score (nSPS) is 17.4. The monoisotopic (exact) mass is 430 g/mol. The van der Waals surface area contributed by atoms with Gasteiger partial charge in [-0.1, -0.05) is 86.6 Å². The number of imide groups is 1. The topological polar surface area (TPSA) is 77.9 Å². The van der Waals surface area contributed by atoms with Crippen molar-refractivity contribution in [3.63, 3.8) is 0 Å². The van der Waals surface area contributed by atoms with E-state index < -0.39 is 30.0 Å². The smallest absolute Gasteiger partial charge is 0.328 e. The minimum Gasteiger partial charge on any atom is -0.480 e. The number of carboxylic acids is 1. The second-order valence-electron chi connectivity index (χ2n) is 8.49. The van der Waals surface area contributed by atoms with Crippen LogP contribution in [0.15, 0.2) is 72.8 Å². The molecule has 32 heavy (non-hydrogen) atoms. The molecular formula is C26H26N2O4. The number of hydrogen-bond acceptors (Lipinski definition) is 3. The number of nitrogens with zero attached hydrogens (tertiary/aromatic N) is 2. The number of carbonyl (C=O) groups excluding carboxylic acids is 2. The predicted molar refractivity (Wildman–Crippen MR) is 122 cm³/mol. The quantitative estimate of drug-likeness (QED) is 0.566. The van der Waals surface area contributed by atoms with Gasteiger partial charge in [0.15, 0.2) is 0 Å². The van der Waals surface area contributed by atoms with Crippen molar-refractivity contribution in [3.8, 4) is 0 Å². The van der Waals surface area contributed by atoms with E-state index in [-0.39, 0.29) is 18.9 Å². The summed E-state index contributed by atoms with van der Waals surface area (Å²) < 4.78 is 0. The summed E-state index contributed by atoms with van der Waals surface area (Å²) in [6.45, 7) is 3.99. The van der Waals surface area contributed by atoms with Gasteiger partial charge in [-0.3, -0.25) is 4.79 Å². The van der Waals surface area contributed by atoms with E-state index in [1.807, 2.05) is 74.5 Å². The minimum absolute atomic E-state index is 0.0700. The zero-order chi connectivity index (χ0) is 22.8. The van der Waals surface area contributed by atoms with Crippen LogP contribution in [0, 0.1) is 5.92 Å². The Labute approximate surface area is 187 Å². The molecule has 0 aromatic heterocycles. The summed E-state index contributed by atoms with van der Waals surface area (Å²) in [6.07, 6.45) is 0.0700. The van der Waals surface area contributed by atoms with Gasteiger partial charge in [-0.15, -0.1) is 0 Å². The molecule has 2 unspecified atom stereocenters. The summed E-state index contributed by atoms with van der Waals surface area (Å²) in [5, 5.41) is 12.0. The first-order valence-corrected chi connectivity index (χ1v) is 10.8. The molecule has 1 N–H and O–H groups in total. The number of benzene rings is 3. The van der Waals surface area contributed by atoms with Crippen LogP contribution in [-0.4, -0.2) is 44.9 Å². The van der Waals surface area contributed by atoms with E-state index in [1.54, 1.807) is 12.1 Å². The van der Waals surface area contributed by atoms with Crippen molar-refractivity contribution >= 4 is 28.7 Å². The lowest BCUT2D eigenvalue weighted by Gasteiger charge is -2.25. The number of rotatable bonds is 7. The third-order valence-corrected chi connectivity index (χ3v) is 6.00. The number of fused-ring (bicyclic) bond motifs is 1. The highest BCUT2D eigenvalue weighted by molar-refractivity contribution is 6.07. The molecule has 0 bridgehead atoms. The average Bonchev–Trinajstić information content (AvgIpc) is 3.02. The van der Waals surface area contributed by atoms with Gasteiger partial charge in [0.25, 0.3) is 5.91 Å². The summed E-state index contributed by atoms with van der Waals surface area (Å²) in [6, 6.07) is 20.3. The number of amides is 3. The third kappa shape index (κ3) is 3.96. The highest BCUT2D eigenvalue weighted by atomic mass is 16.4. The molecule has 3 amide bonds. The van der Waals surface area contributed by atoms with Crippen molar-refractivity contribution in [1.29, 1.82) is 0 Å². The van der Waals surface area contributed by atoms with Crippen LogP contribution in [0.3, 0.4) is 0 Å². The molecule has 3 aromatic carbocycles. The van der Waals surface area contributed by atoms with Crippen LogP contribution < -0.4 is 0 Å². The number of aliphatic carboxylic acids is 1. The Balaban J connectivity index is 1.69. The maximum Gasteiger partial charge on any atom is 0.328 e. The standard InChI is InChI=1S/C26H26N2O4/c1-17(2)23-24(29)28(22(25(30)31)15-18-9-4-3-5-10-18)26(32)27(23)16-20-13-8-12-19-11-6-7-14-21(19)20/h3-14,17,22-23H,15-16H2,1-2H3,(H,30,31). The maximum atomic E-state index is 13.5. The Morgan fingerprint density at radius 2 is 1.59 bits per heavy atom. The number of carbonyl (C=O) groups is 3. The molecule has 0 saturated carbocycles. The van der Waals surface area contributed by atoms with Crippen molar-refractivity contribution in [2.24, 2.45) is 5.92 Å². The SMILES string of the molecule is CC(C)C1C(=O)N(C(Cc2ccccc2)C(=O)O)C(=O)N1Cc1cccc2ccccc12. The van der Waals surface area contributed by atoms with Crippen molar-refractivity contribution in [3.05, 3.63) is 83.9 Å². The largest absolute Gasteiger partial charge is 0.480 e. The van der Waals surface area contributed by atoms with E-state index in [1.165, 1.54) is 4.90 Å². The molecule has 1 fully saturated rings. The zero-order valence-electron chi connectivity index (χ0n) is 18.1. The Bertz CT molecular complexity index is 1150. The van der Waals surface area contributed by atoms with Gasteiger partial charge in [0, 0.05) is 13.0 Å². The molecule has 0 spiro atoms. The highest BCUT2D eigenvalue weighted by Crippen LogP contribution is 2.30. The fraction of sp³-hybridized carbons (Fsp3) is 0.269. The zero-order valence-corrected chi connectivity index (χ0v) is 18.1. The number of urea groups is 1. The fourth-order valence-electron chi connectivity index (χ4n) is 4.47. The molecule has 6 nitrogen and oxygen atoms in total. The molecule has 4 rings (SSSR count). The summed E-state index contributed by atoms with van der Waals surface area (Å²) >= 11 is 0. The van der Waals surface area contributed by atoms with Gasteiger partial charge in [0.1, 0.15) is 12.1 Å². The van der Waals surface area contributed by atoms with Crippen LogP contribution in [0.4, 0.5) is 4.79 Å².